The maximum atomic E-state index is 11.5. The van der Waals surface area contributed by atoms with E-state index in [-0.39, 0.29) is 17.5 Å². The molecule has 2 N–H and O–H groups in total. The summed E-state index contributed by atoms with van der Waals surface area (Å²) in [6.07, 6.45) is 27.0. The van der Waals surface area contributed by atoms with Gasteiger partial charge in [-0.05, 0) is 44.9 Å². The molecule has 0 aromatic heterocycles. The number of allylic oxidation sites excluding steroid dienone is 8. The van der Waals surface area contributed by atoms with Crippen LogP contribution in [0.25, 0.3) is 0 Å². The lowest BCUT2D eigenvalue weighted by molar-refractivity contribution is -0.111. The highest BCUT2D eigenvalue weighted by molar-refractivity contribution is 8.13. The van der Waals surface area contributed by atoms with Gasteiger partial charge in [0.15, 0.2) is 5.12 Å². The molecule has 27 heavy (non-hydrogen) atoms. The molecule has 0 heterocycles. The van der Waals surface area contributed by atoms with Crippen molar-refractivity contribution < 1.29 is 15.0 Å². The van der Waals surface area contributed by atoms with Crippen molar-refractivity contribution in [3.05, 3.63) is 48.6 Å². The van der Waals surface area contributed by atoms with Crippen LogP contribution in [0.2, 0.25) is 0 Å². The molecule has 0 aliphatic carbocycles. The summed E-state index contributed by atoms with van der Waals surface area (Å²) in [4.78, 5) is 11.5. The molecule has 0 aromatic rings. The highest BCUT2D eigenvalue weighted by Gasteiger charge is 2.07. The maximum absolute atomic E-state index is 11.5. The van der Waals surface area contributed by atoms with E-state index in [9.17, 15) is 9.90 Å². The number of carbonyl (C=O) groups is 1. The van der Waals surface area contributed by atoms with Gasteiger partial charge in [0.1, 0.15) is 0 Å². The van der Waals surface area contributed by atoms with Gasteiger partial charge in [-0.2, -0.15) is 0 Å². The predicted molar refractivity (Wildman–Crippen MR) is 119 cm³/mol. The Balaban J connectivity index is 3.49. The van der Waals surface area contributed by atoms with Crippen molar-refractivity contribution in [1.29, 1.82) is 0 Å². The molecule has 0 saturated carbocycles. The molecule has 0 radical (unpaired) electrons. The van der Waals surface area contributed by atoms with Crippen LogP contribution in [0.3, 0.4) is 0 Å². The number of thioether (sulfide) groups is 1. The summed E-state index contributed by atoms with van der Waals surface area (Å²) in [5, 5.41) is 17.9. The molecule has 0 aliphatic heterocycles. The molecule has 1 unspecified atom stereocenters. The molecule has 0 aromatic carbocycles. The Bertz CT molecular complexity index is 453. The second-order valence-electron chi connectivity index (χ2n) is 6.50. The molecule has 0 spiro atoms. The van der Waals surface area contributed by atoms with Crippen molar-refractivity contribution in [3.8, 4) is 0 Å². The van der Waals surface area contributed by atoms with Crippen LogP contribution < -0.4 is 0 Å². The summed E-state index contributed by atoms with van der Waals surface area (Å²) in [5.74, 6) is 0.277. The number of carbonyl (C=O) groups excluding carboxylic acids is 1. The van der Waals surface area contributed by atoms with E-state index < -0.39 is 6.10 Å². The van der Waals surface area contributed by atoms with Gasteiger partial charge < -0.3 is 10.2 Å². The first kappa shape index (κ1) is 25.9. The van der Waals surface area contributed by atoms with Crippen molar-refractivity contribution in [1.82, 2.24) is 0 Å². The summed E-state index contributed by atoms with van der Waals surface area (Å²) in [5.41, 5.74) is 0. The molecule has 3 nitrogen and oxygen atoms in total. The van der Waals surface area contributed by atoms with Crippen LogP contribution in [0.1, 0.15) is 71.1 Å². The van der Waals surface area contributed by atoms with Crippen LogP contribution in [0.5, 0.6) is 0 Å². The van der Waals surface area contributed by atoms with E-state index in [1.165, 1.54) is 25.7 Å². The molecule has 154 valence electrons. The Morgan fingerprint density at radius 1 is 0.852 bits per heavy atom. The van der Waals surface area contributed by atoms with E-state index in [0.29, 0.717) is 6.42 Å². The molecule has 1 atom stereocenters. The SMILES string of the molecule is CCCCC/C=C\C/C=C\C/C=C\C/C=C\CCCC(=O)SCC(O)CO. The summed E-state index contributed by atoms with van der Waals surface area (Å²) in [6.45, 7) is 1.94. The van der Waals surface area contributed by atoms with Crippen molar-refractivity contribution in [2.45, 2.75) is 77.2 Å². The van der Waals surface area contributed by atoms with E-state index in [2.05, 4.69) is 55.5 Å². The lowest BCUT2D eigenvalue weighted by Crippen LogP contribution is -2.15. The normalized spacial score (nSPS) is 13.6. The average Bonchev–Trinajstić information content (AvgIpc) is 2.68. The number of aliphatic hydroxyl groups excluding tert-OH is 2. The summed E-state index contributed by atoms with van der Waals surface area (Å²) in [7, 11) is 0. The van der Waals surface area contributed by atoms with Crippen LogP contribution in [0.4, 0.5) is 0 Å². The van der Waals surface area contributed by atoms with Gasteiger partial charge in [0.05, 0.1) is 12.7 Å². The summed E-state index contributed by atoms with van der Waals surface area (Å²) in [6, 6.07) is 0. The standard InChI is InChI=1S/C23H38O3S/c1-2-3-4-5-6-7-8-9-10-11-12-13-14-15-16-17-18-19-23(26)27-21-22(25)20-24/h6-7,9-10,12-13,15-16,22,24-25H,2-5,8,11,14,17-21H2,1H3/b7-6-,10-9-,13-12-,16-15-. The minimum Gasteiger partial charge on any atom is -0.394 e. The van der Waals surface area contributed by atoms with Gasteiger partial charge >= 0.3 is 0 Å². The molecular formula is C23H38O3S. The van der Waals surface area contributed by atoms with Gasteiger partial charge in [-0.25, -0.2) is 0 Å². The van der Waals surface area contributed by atoms with Crippen molar-refractivity contribution >= 4 is 16.9 Å². The summed E-state index contributed by atoms with van der Waals surface area (Å²) < 4.78 is 0. The molecule has 4 heteroatoms. The zero-order chi connectivity index (χ0) is 20.0. The van der Waals surface area contributed by atoms with Gasteiger partial charge in [-0.15, -0.1) is 0 Å². The Labute approximate surface area is 170 Å². The number of hydrogen-bond acceptors (Lipinski definition) is 4. The Morgan fingerprint density at radius 2 is 1.37 bits per heavy atom. The van der Waals surface area contributed by atoms with E-state index in [1.807, 2.05) is 0 Å². The monoisotopic (exact) mass is 394 g/mol. The minimum atomic E-state index is -0.799. The molecule has 0 fully saturated rings. The van der Waals surface area contributed by atoms with E-state index in [0.717, 1.165) is 43.9 Å². The number of rotatable bonds is 17. The van der Waals surface area contributed by atoms with Gasteiger partial charge in [0.2, 0.25) is 0 Å². The van der Waals surface area contributed by atoms with Crippen LogP contribution in [-0.2, 0) is 4.79 Å². The highest BCUT2D eigenvalue weighted by atomic mass is 32.2. The molecule has 0 amide bonds. The summed E-state index contributed by atoms with van der Waals surface area (Å²) >= 11 is 1.10. The zero-order valence-electron chi connectivity index (χ0n) is 16.9. The van der Waals surface area contributed by atoms with Crippen LogP contribution >= 0.6 is 11.8 Å². The third-order valence-corrected chi connectivity index (χ3v) is 4.93. The average molecular weight is 395 g/mol. The van der Waals surface area contributed by atoms with Crippen molar-refractivity contribution in [2.24, 2.45) is 0 Å². The molecule has 0 saturated heterocycles. The minimum absolute atomic E-state index is 0.0818. The number of hydrogen-bond donors (Lipinski definition) is 2. The fraction of sp³-hybridized carbons (Fsp3) is 0.609. The predicted octanol–water partition coefficient (Wildman–Crippen LogP) is 5.75. The first-order valence-electron chi connectivity index (χ1n) is 10.2. The molecule has 0 aliphatic rings. The van der Waals surface area contributed by atoms with Gasteiger partial charge in [0.25, 0.3) is 0 Å². The van der Waals surface area contributed by atoms with E-state index in [1.54, 1.807) is 0 Å². The molecular weight excluding hydrogens is 356 g/mol. The Kier molecular flexibility index (Phi) is 20.3. The van der Waals surface area contributed by atoms with Gasteiger partial charge in [-0.3, -0.25) is 4.79 Å². The quantitative estimate of drug-likeness (QED) is 0.244. The zero-order valence-corrected chi connectivity index (χ0v) is 17.7. The lowest BCUT2D eigenvalue weighted by atomic mass is 10.2. The van der Waals surface area contributed by atoms with Crippen molar-refractivity contribution in [3.63, 3.8) is 0 Å². The highest BCUT2D eigenvalue weighted by Crippen LogP contribution is 2.10. The topological polar surface area (TPSA) is 57.5 Å². The van der Waals surface area contributed by atoms with Gasteiger partial charge in [0, 0.05) is 12.2 Å². The maximum Gasteiger partial charge on any atom is 0.189 e. The molecule has 0 rings (SSSR count). The smallest absolute Gasteiger partial charge is 0.189 e. The fourth-order valence-corrected chi connectivity index (χ4v) is 3.01. The number of unbranched alkanes of at least 4 members (excludes halogenated alkanes) is 4. The van der Waals surface area contributed by atoms with Gasteiger partial charge in [-0.1, -0.05) is 80.1 Å². The largest absolute Gasteiger partial charge is 0.394 e. The number of aliphatic hydroxyl groups is 2. The third-order valence-electron chi connectivity index (χ3n) is 3.86. The third kappa shape index (κ3) is 21.1. The van der Waals surface area contributed by atoms with E-state index >= 15 is 0 Å². The van der Waals surface area contributed by atoms with E-state index in [4.69, 9.17) is 5.11 Å². The second kappa shape index (κ2) is 21.2. The first-order valence-corrected chi connectivity index (χ1v) is 11.2. The van der Waals surface area contributed by atoms with Crippen LogP contribution in [0, 0.1) is 0 Å². The molecule has 0 bridgehead atoms. The fourth-order valence-electron chi connectivity index (χ4n) is 2.24. The Morgan fingerprint density at radius 3 is 1.89 bits per heavy atom. The first-order chi connectivity index (χ1) is 13.2. The van der Waals surface area contributed by atoms with Crippen LogP contribution in [-0.4, -0.2) is 33.8 Å². The second-order valence-corrected chi connectivity index (χ2v) is 7.58. The lowest BCUT2D eigenvalue weighted by Gasteiger charge is -2.04. The van der Waals surface area contributed by atoms with Crippen molar-refractivity contribution in [2.75, 3.05) is 12.4 Å². The Hall–Kier alpha value is -1.10. The van der Waals surface area contributed by atoms with Crippen LogP contribution in [0.15, 0.2) is 48.6 Å².